The smallest absolute Gasteiger partial charge is 0.155 e. The van der Waals surface area contributed by atoms with Crippen LogP contribution in [0, 0.1) is 11.3 Å². The zero-order valence-electron chi connectivity index (χ0n) is 6.97. The summed E-state index contributed by atoms with van der Waals surface area (Å²) in [5, 5.41) is 0. The predicted molar refractivity (Wildman–Crippen MR) is 44.2 cm³/mol. The zero-order valence-corrected chi connectivity index (χ0v) is 6.97. The normalized spacial score (nSPS) is 42.6. The van der Waals surface area contributed by atoms with Gasteiger partial charge in [-0.1, -0.05) is 19.4 Å². The highest BCUT2D eigenvalue weighted by atomic mass is 16.1. The molecule has 0 radical (unpaired) electrons. The van der Waals surface area contributed by atoms with Crippen molar-refractivity contribution in [3.05, 3.63) is 12.2 Å². The van der Waals surface area contributed by atoms with Gasteiger partial charge in [-0.25, -0.2) is 0 Å². The van der Waals surface area contributed by atoms with Crippen LogP contribution < -0.4 is 0 Å². The van der Waals surface area contributed by atoms with Crippen LogP contribution in [0.1, 0.15) is 32.6 Å². The lowest BCUT2D eigenvalue weighted by Crippen LogP contribution is -2.25. The van der Waals surface area contributed by atoms with Gasteiger partial charge in [0.05, 0.1) is 0 Å². The van der Waals surface area contributed by atoms with Crippen molar-refractivity contribution in [1.82, 2.24) is 0 Å². The molecule has 0 bridgehead atoms. The molecular formula is C10H14O. The molecule has 0 saturated heterocycles. The minimum Gasteiger partial charge on any atom is -0.295 e. The van der Waals surface area contributed by atoms with Gasteiger partial charge in [-0.15, -0.1) is 0 Å². The number of carbonyl (C=O) groups is 1. The van der Waals surface area contributed by atoms with Crippen molar-refractivity contribution in [3.8, 4) is 0 Å². The third-order valence-electron chi connectivity index (χ3n) is 3.30. The average molecular weight is 150 g/mol. The first-order valence-electron chi connectivity index (χ1n) is 4.43. The molecule has 2 aliphatic carbocycles. The van der Waals surface area contributed by atoms with Gasteiger partial charge >= 0.3 is 0 Å². The van der Waals surface area contributed by atoms with Crippen LogP contribution in [-0.4, -0.2) is 5.78 Å². The maximum atomic E-state index is 11.1. The minimum absolute atomic E-state index is 0.328. The average Bonchev–Trinajstić information content (AvgIpc) is 2.31. The third kappa shape index (κ3) is 1.03. The lowest BCUT2D eigenvalue weighted by atomic mass is 9.74. The molecule has 2 rings (SSSR count). The molecule has 1 nitrogen and oxygen atoms in total. The van der Waals surface area contributed by atoms with Crippen molar-refractivity contribution >= 4 is 5.78 Å². The second-order valence-electron chi connectivity index (χ2n) is 4.10. The molecule has 2 unspecified atom stereocenters. The summed E-state index contributed by atoms with van der Waals surface area (Å²) in [6.45, 7) is 2.29. The molecule has 60 valence electrons. The Morgan fingerprint density at radius 1 is 1.64 bits per heavy atom. The summed E-state index contributed by atoms with van der Waals surface area (Å²) in [5.74, 6) is 0.981. The molecule has 1 saturated carbocycles. The van der Waals surface area contributed by atoms with Gasteiger partial charge in [0.2, 0.25) is 0 Å². The minimum atomic E-state index is 0.328. The summed E-state index contributed by atoms with van der Waals surface area (Å²) in [7, 11) is 0. The quantitative estimate of drug-likeness (QED) is 0.518. The van der Waals surface area contributed by atoms with Crippen molar-refractivity contribution in [3.63, 3.8) is 0 Å². The van der Waals surface area contributed by atoms with Crippen molar-refractivity contribution in [2.75, 3.05) is 0 Å². The molecule has 0 aromatic rings. The van der Waals surface area contributed by atoms with Crippen LogP contribution in [0.5, 0.6) is 0 Å². The third-order valence-corrected chi connectivity index (χ3v) is 3.30. The Hall–Kier alpha value is -0.590. The Morgan fingerprint density at radius 2 is 2.45 bits per heavy atom. The standard InChI is InChI=1S/C10H14O/c1-10-5-2-3-8(10)7-9(11)4-6-10/h4,6,8H,2-3,5,7H2,1H3. The fraction of sp³-hybridized carbons (Fsp3) is 0.700. The lowest BCUT2D eigenvalue weighted by Gasteiger charge is -2.30. The molecular weight excluding hydrogens is 136 g/mol. The maximum Gasteiger partial charge on any atom is 0.155 e. The van der Waals surface area contributed by atoms with E-state index in [1.54, 1.807) is 6.08 Å². The molecule has 0 aromatic carbocycles. The Balaban J connectivity index is 2.28. The fourth-order valence-corrected chi connectivity index (χ4v) is 2.41. The van der Waals surface area contributed by atoms with Crippen LogP contribution in [0.4, 0.5) is 0 Å². The summed E-state index contributed by atoms with van der Waals surface area (Å²) >= 11 is 0. The van der Waals surface area contributed by atoms with E-state index < -0.39 is 0 Å². The van der Waals surface area contributed by atoms with Crippen molar-refractivity contribution in [1.29, 1.82) is 0 Å². The first-order valence-corrected chi connectivity index (χ1v) is 4.43. The van der Waals surface area contributed by atoms with Gasteiger partial charge in [-0.2, -0.15) is 0 Å². The molecule has 1 heteroatoms. The van der Waals surface area contributed by atoms with E-state index in [1.807, 2.05) is 0 Å². The number of hydrogen-bond donors (Lipinski definition) is 0. The summed E-state index contributed by atoms with van der Waals surface area (Å²) < 4.78 is 0. The number of hydrogen-bond acceptors (Lipinski definition) is 1. The summed E-state index contributed by atoms with van der Waals surface area (Å²) in [5.41, 5.74) is 0.369. The van der Waals surface area contributed by atoms with Crippen molar-refractivity contribution < 1.29 is 4.79 Å². The first-order chi connectivity index (χ1) is 5.21. The molecule has 0 N–H and O–H groups in total. The molecule has 2 aliphatic rings. The highest BCUT2D eigenvalue weighted by molar-refractivity contribution is 5.91. The molecule has 0 spiro atoms. The first kappa shape index (κ1) is 7.08. The van der Waals surface area contributed by atoms with Crippen LogP contribution in [0.25, 0.3) is 0 Å². The van der Waals surface area contributed by atoms with E-state index in [9.17, 15) is 4.79 Å². The van der Waals surface area contributed by atoms with Crippen LogP contribution in [0.3, 0.4) is 0 Å². The van der Waals surface area contributed by atoms with E-state index in [4.69, 9.17) is 0 Å². The SMILES string of the molecule is CC12C=CC(=O)CC1CCC2. The van der Waals surface area contributed by atoms with Gasteiger partial charge < -0.3 is 0 Å². The van der Waals surface area contributed by atoms with Crippen LogP contribution in [0.15, 0.2) is 12.2 Å². The second kappa shape index (κ2) is 2.20. The van der Waals surface area contributed by atoms with E-state index in [1.165, 1.54) is 19.3 Å². The highest BCUT2D eigenvalue weighted by Crippen LogP contribution is 2.47. The molecule has 2 atom stereocenters. The maximum absolute atomic E-state index is 11.1. The Bertz CT molecular complexity index is 217. The molecule has 0 aliphatic heterocycles. The van der Waals surface area contributed by atoms with E-state index in [0.29, 0.717) is 17.1 Å². The predicted octanol–water partition coefficient (Wildman–Crippen LogP) is 2.32. The Kier molecular flexibility index (Phi) is 1.41. The van der Waals surface area contributed by atoms with Gasteiger partial charge in [0.15, 0.2) is 5.78 Å². The fourth-order valence-electron chi connectivity index (χ4n) is 2.41. The monoisotopic (exact) mass is 150 g/mol. The van der Waals surface area contributed by atoms with Crippen LogP contribution in [0.2, 0.25) is 0 Å². The van der Waals surface area contributed by atoms with Gasteiger partial charge in [-0.3, -0.25) is 4.79 Å². The van der Waals surface area contributed by atoms with E-state index in [-0.39, 0.29) is 0 Å². The number of rotatable bonds is 0. The second-order valence-corrected chi connectivity index (χ2v) is 4.10. The van der Waals surface area contributed by atoms with Crippen molar-refractivity contribution in [2.24, 2.45) is 11.3 Å². The highest BCUT2D eigenvalue weighted by Gasteiger charge is 2.39. The number of allylic oxidation sites excluding steroid dienone is 2. The number of fused-ring (bicyclic) bond motifs is 1. The van der Waals surface area contributed by atoms with Crippen LogP contribution in [-0.2, 0) is 4.79 Å². The van der Waals surface area contributed by atoms with Crippen LogP contribution >= 0.6 is 0 Å². The molecule has 11 heavy (non-hydrogen) atoms. The zero-order chi connectivity index (χ0) is 7.90. The summed E-state index contributed by atoms with van der Waals surface area (Å²) in [6, 6.07) is 0. The summed E-state index contributed by atoms with van der Waals surface area (Å²) in [6.07, 6.45) is 8.55. The van der Waals surface area contributed by atoms with Gasteiger partial charge in [-0.05, 0) is 30.3 Å². The van der Waals surface area contributed by atoms with E-state index >= 15 is 0 Å². The summed E-state index contributed by atoms with van der Waals surface area (Å²) in [4.78, 5) is 11.1. The molecule has 0 heterocycles. The molecule has 0 aromatic heterocycles. The molecule has 0 amide bonds. The van der Waals surface area contributed by atoms with E-state index in [2.05, 4.69) is 13.0 Å². The lowest BCUT2D eigenvalue weighted by molar-refractivity contribution is -0.116. The van der Waals surface area contributed by atoms with Gasteiger partial charge in [0.1, 0.15) is 0 Å². The van der Waals surface area contributed by atoms with Gasteiger partial charge in [0.25, 0.3) is 0 Å². The largest absolute Gasteiger partial charge is 0.295 e. The van der Waals surface area contributed by atoms with Crippen molar-refractivity contribution in [2.45, 2.75) is 32.6 Å². The van der Waals surface area contributed by atoms with E-state index in [0.717, 1.165) is 6.42 Å². The van der Waals surface area contributed by atoms with Gasteiger partial charge in [0, 0.05) is 6.42 Å². The Morgan fingerprint density at radius 3 is 3.27 bits per heavy atom. The number of carbonyl (C=O) groups excluding carboxylic acids is 1. The molecule has 1 fully saturated rings. The Labute approximate surface area is 67.5 Å². The topological polar surface area (TPSA) is 17.1 Å². The number of ketones is 1.